The molecule has 0 fully saturated rings. The number of aryl methyl sites for hydroxylation is 1. The molecule has 0 aromatic heterocycles. The standard InChI is InChI=1S/C31H49NO14S/c1-28-2-4-29(5-3-28)47(35,36)46-27-26-45-25-24-44-23-22-43-21-20-42-19-18-41-17-16-40-15-14-39-13-12-38-11-10-37-9-8-32-30(33)6-7-31(32)34/h2-7H,8-27H2,1H3. The van der Waals surface area contributed by atoms with Crippen molar-refractivity contribution in [3.63, 3.8) is 0 Å². The van der Waals surface area contributed by atoms with Crippen molar-refractivity contribution in [1.29, 1.82) is 0 Å². The van der Waals surface area contributed by atoms with Gasteiger partial charge in [-0.25, -0.2) is 0 Å². The van der Waals surface area contributed by atoms with Crippen molar-refractivity contribution in [2.24, 2.45) is 0 Å². The smallest absolute Gasteiger partial charge is 0.297 e. The van der Waals surface area contributed by atoms with Crippen LogP contribution in [0.25, 0.3) is 0 Å². The minimum absolute atomic E-state index is 0.0669. The monoisotopic (exact) mass is 691 g/mol. The van der Waals surface area contributed by atoms with Crippen LogP contribution in [0.15, 0.2) is 41.3 Å². The fourth-order valence-electron chi connectivity index (χ4n) is 3.64. The van der Waals surface area contributed by atoms with E-state index in [1.807, 2.05) is 6.92 Å². The summed E-state index contributed by atoms with van der Waals surface area (Å²) in [5.74, 6) is -0.628. The lowest BCUT2D eigenvalue weighted by Crippen LogP contribution is -2.33. The lowest BCUT2D eigenvalue weighted by molar-refractivity contribution is -0.137. The second-order valence-electron chi connectivity index (χ2n) is 9.76. The maximum Gasteiger partial charge on any atom is 0.297 e. The Balaban J connectivity index is 1.19. The van der Waals surface area contributed by atoms with Crippen molar-refractivity contribution in [3.8, 4) is 0 Å². The first-order valence-electron chi connectivity index (χ1n) is 15.6. The lowest BCUT2D eigenvalue weighted by Gasteiger charge is -2.13. The van der Waals surface area contributed by atoms with Gasteiger partial charge in [-0.05, 0) is 19.1 Å². The number of carbonyl (C=O) groups excluding carboxylic acids is 2. The molecule has 0 atom stereocenters. The topological polar surface area (TPSA) is 164 Å². The van der Waals surface area contributed by atoms with E-state index in [9.17, 15) is 18.0 Å². The third-order valence-electron chi connectivity index (χ3n) is 6.11. The Kier molecular flexibility index (Phi) is 23.1. The highest BCUT2D eigenvalue weighted by molar-refractivity contribution is 7.86. The van der Waals surface area contributed by atoms with E-state index in [2.05, 4.69) is 0 Å². The fourth-order valence-corrected chi connectivity index (χ4v) is 4.54. The van der Waals surface area contributed by atoms with Crippen molar-refractivity contribution in [2.45, 2.75) is 11.8 Å². The summed E-state index contributed by atoms with van der Waals surface area (Å²) in [5.41, 5.74) is 0.970. The molecule has 1 aromatic rings. The van der Waals surface area contributed by atoms with Gasteiger partial charge in [0.25, 0.3) is 21.9 Å². The molecule has 15 nitrogen and oxygen atoms in total. The van der Waals surface area contributed by atoms with Crippen molar-refractivity contribution >= 4 is 21.9 Å². The van der Waals surface area contributed by atoms with E-state index in [4.69, 9.17) is 46.8 Å². The Morgan fingerprint density at radius 2 is 0.766 bits per heavy atom. The van der Waals surface area contributed by atoms with Gasteiger partial charge in [0.05, 0.1) is 137 Å². The van der Waals surface area contributed by atoms with Crippen LogP contribution in [0.1, 0.15) is 5.56 Å². The Morgan fingerprint density at radius 3 is 1.11 bits per heavy atom. The number of amides is 2. The van der Waals surface area contributed by atoms with E-state index in [1.165, 1.54) is 24.3 Å². The molecule has 0 N–H and O–H groups in total. The number of rotatable bonds is 32. The van der Waals surface area contributed by atoms with Gasteiger partial charge in [-0.15, -0.1) is 0 Å². The van der Waals surface area contributed by atoms with Crippen molar-refractivity contribution in [2.75, 3.05) is 132 Å². The summed E-state index contributed by atoms with van der Waals surface area (Å²) >= 11 is 0. The maximum absolute atomic E-state index is 12.1. The number of carbonyl (C=O) groups is 2. The van der Waals surface area contributed by atoms with Crippen LogP contribution in [-0.2, 0) is 66.5 Å². The van der Waals surface area contributed by atoms with E-state index in [0.29, 0.717) is 106 Å². The first-order chi connectivity index (χ1) is 22.9. The van der Waals surface area contributed by atoms with E-state index >= 15 is 0 Å². The normalized spacial score (nSPS) is 13.3. The average molecular weight is 692 g/mol. The molecule has 0 radical (unpaired) electrons. The molecule has 47 heavy (non-hydrogen) atoms. The molecule has 1 aliphatic heterocycles. The van der Waals surface area contributed by atoms with Crippen molar-refractivity contribution < 1.29 is 64.8 Å². The largest absolute Gasteiger partial charge is 0.377 e. The third kappa shape index (κ3) is 20.6. The van der Waals surface area contributed by atoms with Crippen LogP contribution in [0.4, 0.5) is 0 Å². The lowest BCUT2D eigenvalue weighted by atomic mass is 10.2. The van der Waals surface area contributed by atoms with Gasteiger partial charge in [-0.1, -0.05) is 17.7 Å². The molecule has 16 heteroatoms. The van der Waals surface area contributed by atoms with Gasteiger partial charge in [0.2, 0.25) is 0 Å². The van der Waals surface area contributed by atoms with Gasteiger partial charge in [-0.2, -0.15) is 8.42 Å². The molecule has 1 heterocycles. The summed E-state index contributed by atoms with van der Waals surface area (Å²) in [6, 6.07) is 6.46. The maximum atomic E-state index is 12.1. The predicted octanol–water partition coefficient (Wildman–Crippen LogP) is 0.775. The highest BCUT2D eigenvalue weighted by atomic mass is 32.2. The summed E-state index contributed by atoms with van der Waals surface area (Å²) in [6.45, 7) is 9.23. The van der Waals surface area contributed by atoms with Crippen LogP contribution in [-0.4, -0.2) is 157 Å². The number of hydrogen-bond acceptors (Lipinski definition) is 14. The fraction of sp³-hybridized carbons (Fsp3) is 0.677. The molecule has 2 rings (SSSR count). The van der Waals surface area contributed by atoms with Crippen LogP contribution >= 0.6 is 0 Å². The molecule has 0 aliphatic carbocycles. The Labute approximate surface area is 277 Å². The van der Waals surface area contributed by atoms with E-state index in [-0.39, 0.29) is 43.1 Å². The SMILES string of the molecule is Cc1ccc(S(=O)(=O)OCCOCCOCCOCCOCCOCCOCCOCCOCCOCCN2C(=O)C=CC2=O)cc1. The molecular weight excluding hydrogens is 642 g/mol. The van der Waals surface area contributed by atoms with Crippen LogP contribution in [0.3, 0.4) is 0 Å². The second-order valence-corrected chi connectivity index (χ2v) is 11.4. The quantitative estimate of drug-likeness (QED) is 0.0591. The molecule has 0 saturated heterocycles. The van der Waals surface area contributed by atoms with Gasteiger partial charge in [0.1, 0.15) is 0 Å². The Bertz CT molecular complexity index is 1080. The number of nitrogens with zero attached hydrogens (tertiary/aromatic N) is 1. The second kappa shape index (κ2) is 26.6. The minimum Gasteiger partial charge on any atom is -0.377 e. The molecule has 2 amide bonds. The Hall–Kier alpha value is -2.35. The molecular formula is C31H49NO14S. The zero-order valence-electron chi connectivity index (χ0n) is 27.2. The summed E-state index contributed by atoms with van der Waals surface area (Å²) in [6.07, 6.45) is 2.50. The zero-order chi connectivity index (χ0) is 33.8. The summed E-state index contributed by atoms with van der Waals surface area (Å²) < 4.78 is 77.8. The first kappa shape index (κ1) is 40.8. The van der Waals surface area contributed by atoms with Crippen molar-refractivity contribution in [3.05, 3.63) is 42.0 Å². The third-order valence-corrected chi connectivity index (χ3v) is 7.44. The first-order valence-corrected chi connectivity index (χ1v) is 17.0. The van der Waals surface area contributed by atoms with Crippen LogP contribution in [0.5, 0.6) is 0 Å². The molecule has 1 aromatic carbocycles. The summed E-state index contributed by atoms with van der Waals surface area (Å²) in [5, 5.41) is 0. The highest BCUT2D eigenvalue weighted by Crippen LogP contribution is 2.13. The summed E-state index contributed by atoms with van der Waals surface area (Å²) in [4.78, 5) is 24.0. The van der Waals surface area contributed by atoms with Gasteiger partial charge < -0.3 is 42.6 Å². The number of hydrogen-bond donors (Lipinski definition) is 0. The zero-order valence-corrected chi connectivity index (χ0v) is 28.0. The molecule has 0 spiro atoms. The molecule has 268 valence electrons. The van der Waals surface area contributed by atoms with Gasteiger partial charge in [-0.3, -0.25) is 18.7 Å². The van der Waals surface area contributed by atoms with E-state index in [1.54, 1.807) is 12.1 Å². The predicted molar refractivity (Wildman–Crippen MR) is 168 cm³/mol. The Morgan fingerprint density at radius 1 is 0.468 bits per heavy atom. The van der Waals surface area contributed by atoms with Crippen LogP contribution in [0.2, 0.25) is 0 Å². The summed E-state index contributed by atoms with van der Waals surface area (Å²) in [7, 11) is -3.78. The molecule has 0 unspecified atom stereocenters. The molecule has 0 bridgehead atoms. The van der Waals surface area contributed by atoms with Crippen molar-refractivity contribution in [1.82, 2.24) is 4.90 Å². The van der Waals surface area contributed by atoms with E-state index < -0.39 is 10.1 Å². The van der Waals surface area contributed by atoms with Crippen LogP contribution < -0.4 is 0 Å². The van der Waals surface area contributed by atoms with Gasteiger partial charge >= 0.3 is 0 Å². The highest BCUT2D eigenvalue weighted by Gasteiger charge is 2.22. The minimum atomic E-state index is -3.78. The number of benzene rings is 1. The van der Waals surface area contributed by atoms with Gasteiger partial charge in [0, 0.05) is 12.2 Å². The number of ether oxygens (including phenoxy) is 9. The van der Waals surface area contributed by atoms with E-state index in [0.717, 1.165) is 10.5 Å². The number of imide groups is 1. The van der Waals surface area contributed by atoms with Gasteiger partial charge in [0.15, 0.2) is 0 Å². The average Bonchev–Trinajstić information content (AvgIpc) is 3.38. The molecule has 1 aliphatic rings. The molecule has 0 saturated carbocycles. The van der Waals surface area contributed by atoms with Crippen LogP contribution in [0, 0.1) is 6.92 Å².